The summed E-state index contributed by atoms with van der Waals surface area (Å²) in [7, 11) is 0. The minimum absolute atomic E-state index is 0.470. The van der Waals surface area contributed by atoms with E-state index in [1.807, 2.05) is 6.07 Å². The highest BCUT2D eigenvalue weighted by atomic mass is 35.5. The lowest BCUT2D eigenvalue weighted by molar-refractivity contribution is 1.50. The van der Waals surface area contributed by atoms with Gasteiger partial charge in [-0.2, -0.15) is 0 Å². The van der Waals surface area contributed by atoms with Gasteiger partial charge >= 0.3 is 0 Å². The summed E-state index contributed by atoms with van der Waals surface area (Å²) >= 11 is 12.9. The second-order valence-corrected chi connectivity index (χ2v) is 3.98. The molecule has 0 saturated carbocycles. The minimum Gasteiger partial charge on any atom is -0.263 e. The Morgan fingerprint density at radius 3 is 2.67 bits per heavy atom. The summed E-state index contributed by atoms with van der Waals surface area (Å²) in [5.41, 5.74) is 0.760. The first kappa shape index (κ1) is 9.78. The fraction of sp³-hybridized carbons (Fsp3) is 0.125. The lowest BCUT2D eigenvalue weighted by Gasteiger charge is -1.91. The monoisotopic (exact) mass is 219 g/mol. The Morgan fingerprint density at radius 1 is 1.67 bits per heavy atom. The zero-order chi connectivity index (χ0) is 9.14. The van der Waals surface area contributed by atoms with Crippen LogP contribution in [0.4, 0.5) is 5.69 Å². The van der Waals surface area contributed by atoms with E-state index in [-0.39, 0.29) is 0 Å². The lowest BCUT2D eigenvalue weighted by atomic mass is 10.3. The van der Waals surface area contributed by atoms with Crippen molar-refractivity contribution in [3.8, 4) is 0 Å². The zero-order valence-corrected chi connectivity index (χ0v) is 8.64. The molecule has 64 valence electrons. The van der Waals surface area contributed by atoms with Gasteiger partial charge in [-0.1, -0.05) is 18.2 Å². The summed E-state index contributed by atoms with van der Waals surface area (Å²) in [4.78, 5) is 5.69. The van der Waals surface area contributed by atoms with Crippen LogP contribution in [0.25, 0.3) is 5.03 Å². The van der Waals surface area contributed by atoms with E-state index in [1.165, 1.54) is 11.3 Å². The van der Waals surface area contributed by atoms with Gasteiger partial charge in [0.15, 0.2) is 0 Å². The van der Waals surface area contributed by atoms with E-state index in [2.05, 4.69) is 18.3 Å². The van der Waals surface area contributed by atoms with Crippen molar-refractivity contribution in [3.63, 3.8) is 0 Å². The number of hydrogen-bond donors (Lipinski definition) is 0. The number of nitrogens with zero attached hydrogens (tertiary/aromatic N) is 1. The molecular formula is C8H7Cl2NS. The average molecular weight is 220 g/mol. The van der Waals surface area contributed by atoms with Gasteiger partial charge in [0.25, 0.3) is 0 Å². The summed E-state index contributed by atoms with van der Waals surface area (Å²) in [6.07, 6.45) is 0. The van der Waals surface area contributed by atoms with Crippen LogP contribution in [0.1, 0.15) is 9.75 Å². The Hall–Kier alpha value is -0.310. The topological polar surface area (TPSA) is 12.4 Å². The third-order valence-corrected chi connectivity index (χ3v) is 3.24. The Labute approximate surface area is 85.3 Å². The van der Waals surface area contributed by atoms with Crippen LogP contribution < -0.4 is 0 Å². The molecule has 0 aliphatic carbocycles. The molecule has 1 nitrogen and oxygen atoms in total. The summed E-state index contributed by atoms with van der Waals surface area (Å²) in [5.74, 6) is 0.470. The van der Waals surface area contributed by atoms with Crippen LogP contribution in [-0.4, -0.2) is 6.72 Å². The fourth-order valence-corrected chi connectivity index (χ4v) is 2.09. The molecule has 0 aliphatic heterocycles. The minimum atomic E-state index is 0.470. The third kappa shape index (κ3) is 1.89. The van der Waals surface area contributed by atoms with Gasteiger partial charge in [0.1, 0.15) is 0 Å². The Morgan fingerprint density at radius 2 is 2.33 bits per heavy atom. The van der Waals surface area contributed by atoms with Crippen molar-refractivity contribution in [2.24, 2.45) is 4.99 Å². The summed E-state index contributed by atoms with van der Waals surface area (Å²) in [6.45, 7) is 7.06. The van der Waals surface area contributed by atoms with E-state index in [9.17, 15) is 0 Å². The molecule has 0 bridgehead atoms. The quantitative estimate of drug-likeness (QED) is 0.538. The number of thiophene rings is 1. The predicted molar refractivity (Wildman–Crippen MR) is 58.0 cm³/mol. The highest BCUT2D eigenvalue weighted by Crippen LogP contribution is 2.36. The second-order valence-electron chi connectivity index (χ2n) is 2.12. The van der Waals surface area contributed by atoms with Crippen molar-refractivity contribution in [1.29, 1.82) is 0 Å². The normalized spacial score (nSPS) is 9.83. The summed E-state index contributed by atoms with van der Waals surface area (Å²) < 4.78 is 0. The number of halogens is 2. The van der Waals surface area contributed by atoms with Gasteiger partial charge in [-0.25, -0.2) is 0 Å². The standard InChI is InChI=1S/C8H7Cl2NS/c1-5(10)8-7(11-2)3-6(4-9)12-8/h3H,1-2,4H2. The Balaban J connectivity index is 3.16. The molecule has 0 atom stereocenters. The van der Waals surface area contributed by atoms with Gasteiger partial charge in [0, 0.05) is 4.88 Å². The van der Waals surface area contributed by atoms with Crippen molar-refractivity contribution in [3.05, 3.63) is 22.4 Å². The van der Waals surface area contributed by atoms with Crippen molar-refractivity contribution < 1.29 is 0 Å². The van der Waals surface area contributed by atoms with Crippen molar-refractivity contribution in [1.82, 2.24) is 0 Å². The average Bonchev–Trinajstić information content (AvgIpc) is 2.47. The Kier molecular flexibility index (Phi) is 3.32. The molecule has 1 aromatic heterocycles. The van der Waals surface area contributed by atoms with E-state index in [0.29, 0.717) is 10.9 Å². The van der Waals surface area contributed by atoms with Gasteiger partial charge in [-0.15, -0.1) is 22.9 Å². The van der Waals surface area contributed by atoms with E-state index < -0.39 is 0 Å². The molecule has 0 aliphatic rings. The van der Waals surface area contributed by atoms with Gasteiger partial charge in [-0.05, 0) is 12.8 Å². The highest BCUT2D eigenvalue weighted by Gasteiger charge is 2.08. The maximum absolute atomic E-state index is 5.74. The first-order valence-corrected chi connectivity index (χ1v) is 4.92. The van der Waals surface area contributed by atoms with Crippen LogP contribution >= 0.6 is 34.5 Å². The fourth-order valence-electron chi connectivity index (χ4n) is 0.809. The van der Waals surface area contributed by atoms with Crippen LogP contribution in [0.2, 0.25) is 0 Å². The summed E-state index contributed by atoms with van der Waals surface area (Å²) in [5, 5.41) is 0.485. The van der Waals surface area contributed by atoms with Crippen LogP contribution in [0, 0.1) is 0 Å². The molecule has 0 spiro atoms. The number of rotatable bonds is 3. The molecule has 0 aromatic carbocycles. The number of hydrogen-bond acceptors (Lipinski definition) is 2. The third-order valence-electron chi connectivity index (χ3n) is 1.31. The highest BCUT2D eigenvalue weighted by molar-refractivity contribution is 7.14. The smallest absolute Gasteiger partial charge is 0.0820 e. The lowest BCUT2D eigenvalue weighted by Crippen LogP contribution is -1.64. The molecule has 1 aromatic rings. The van der Waals surface area contributed by atoms with E-state index in [4.69, 9.17) is 23.2 Å². The second kappa shape index (κ2) is 4.08. The van der Waals surface area contributed by atoms with Crippen molar-refractivity contribution in [2.45, 2.75) is 5.88 Å². The van der Waals surface area contributed by atoms with Gasteiger partial charge in [-0.3, -0.25) is 4.99 Å². The van der Waals surface area contributed by atoms with Crippen molar-refractivity contribution >= 4 is 52.0 Å². The SMILES string of the molecule is C=Nc1cc(CCl)sc1C(=C)Cl. The Bertz CT molecular complexity index is 317. The molecule has 1 heterocycles. The van der Waals surface area contributed by atoms with E-state index in [0.717, 1.165) is 15.4 Å². The first-order chi connectivity index (χ1) is 5.69. The molecule has 4 heteroatoms. The molecule has 0 amide bonds. The van der Waals surface area contributed by atoms with Crippen LogP contribution in [0.15, 0.2) is 17.6 Å². The van der Waals surface area contributed by atoms with Crippen molar-refractivity contribution in [2.75, 3.05) is 0 Å². The van der Waals surface area contributed by atoms with Gasteiger partial charge in [0.05, 0.1) is 21.5 Å². The van der Waals surface area contributed by atoms with Gasteiger partial charge in [0.2, 0.25) is 0 Å². The predicted octanol–water partition coefficient (Wildman–Crippen LogP) is 4.03. The van der Waals surface area contributed by atoms with Crippen LogP contribution in [0.5, 0.6) is 0 Å². The molecule has 1 rings (SSSR count). The maximum atomic E-state index is 5.74. The molecule has 12 heavy (non-hydrogen) atoms. The maximum Gasteiger partial charge on any atom is 0.0820 e. The molecule has 0 fully saturated rings. The van der Waals surface area contributed by atoms with E-state index in [1.54, 1.807) is 0 Å². The van der Waals surface area contributed by atoms with Crippen LogP contribution in [-0.2, 0) is 5.88 Å². The molecule has 0 saturated heterocycles. The number of alkyl halides is 1. The van der Waals surface area contributed by atoms with Gasteiger partial charge < -0.3 is 0 Å². The summed E-state index contributed by atoms with van der Waals surface area (Å²) in [6, 6.07) is 1.87. The van der Waals surface area contributed by atoms with E-state index >= 15 is 0 Å². The first-order valence-electron chi connectivity index (χ1n) is 3.19. The zero-order valence-electron chi connectivity index (χ0n) is 6.31. The molecule has 0 N–H and O–H groups in total. The molecule has 0 radical (unpaired) electrons. The van der Waals surface area contributed by atoms with Crippen LogP contribution in [0.3, 0.4) is 0 Å². The number of aliphatic imine (C=N–C) groups is 1. The largest absolute Gasteiger partial charge is 0.263 e. The molecular weight excluding hydrogens is 213 g/mol. The molecule has 0 unspecified atom stereocenters.